The minimum atomic E-state index is -0.301. The summed E-state index contributed by atoms with van der Waals surface area (Å²) in [5.41, 5.74) is 5.52. The van der Waals surface area contributed by atoms with Gasteiger partial charge in [-0.25, -0.2) is 4.79 Å². The van der Waals surface area contributed by atoms with Crippen LogP contribution in [0.25, 0.3) is 0 Å². The average Bonchev–Trinajstić information content (AvgIpc) is 2.74. The second kappa shape index (κ2) is 8.14. The Bertz CT molecular complexity index is 1060. The second-order valence-electron chi connectivity index (χ2n) is 6.94. The third-order valence-corrected chi connectivity index (χ3v) is 5.43. The fraction of sp³-hybridized carbons (Fsp3) is 0.160. The van der Waals surface area contributed by atoms with Crippen LogP contribution in [0.4, 0.5) is 11.4 Å². The first-order valence-electron chi connectivity index (χ1n) is 9.69. The van der Waals surface area contributed by atoms with Gasteiger partial charge in [0.15, 0.2) is 0 Å². The summed E-state index contributed by atoms with van der Waals surface area (Å²) in [6, 6.07) is 25.9. The number of ether oxygens (including phenoxy) is 1. The average molecular weight is 404 g/mol. The summed E-state index contributed by atoms with van der Waals surface area (Å²) in [7, 11) is 0. The summed E-state index contributed by atoms with van der Waals surface area (Å²) in [6.07, 6.45) is 0. The number of carbonyl (C=O) groups is 1. The molecule has 0 spiro atoms. The third-order valence-electron chi connectivity index (χ3n) is 5.20. The SMILES string of the molecule is CCOC(=O)C1=C(C)N(c2ccccc2)c2ccc(Cl)cc2[C@H]1c1ccccc1. The van der Waals surface area contributed by atoms with E-state index in [-0.39, 0.29) is 11.9 Å². The standard InChI is InChI=1S/C25H22ClNO2/c1-3-29-25(28)23-17(2)27(20-12-8-5-9-13-20)22-15-14-19(26)16-21(22)24(23)18-10-6-4-7-11-18/h4-16,24H,3H2,1-2H3/t24-/m1/s1. The molecular weight excluding hydrogens is 382 g/mol. The van der Waals surface area contributed by atoms with Crippen LogP contribution in [0, 0.1) is 0 Å². The first kappa shape index (κ1) is 19.3. The van der Waals surface area contributed by atoms with E-state index in [2.05, 4.69) is 4.90 Å². The highest BCUT2D eigenvalue weighted by Crippen LogP contribution is 2.48. The zero-order valence-corrected chi connectivity index (χ0v) is 17.2. The van der Waals surface area contributed by atoms with Crippen molar-refractivity contribution in [1.82, 2.24) is 0 Å². The first-order valence-corrected chi connectivity index (χ1v) is 10.1. The molecule has 0 saturated heterocycles. The molecule has 0 amide bonds. The summed E-state index contributed by atoms with van der Waals surface area (Å²) >= 11 is 6.40. The lowest BCUT2D eigenvalue weighted by Crippen LogP contribution is -2.30. The minimum Gasteiger partial charge on any atom is -0.463 e. The van der Waals surface area contributed by atoms with Gasteiger partial charge in [0.05, 0.1) is 17.9 Å². The number of allylic oxidation sites excluding steroid dienone is 1. The number of hydrogen-bond acceptors (Lipinski definition) is 3. The predicted octanol–water partition coefficient (Wildman–Crippen LogP) is 6.46. The molecule has 0 bridgehead atoms. The Morgan fingerprint density at radius 2 is 1.66 bits per heavy atom. The fourth-order valence-electron chi connectivity index (χ4n) is 4.00. The smallest absolute Gasteiger partial charge is 0.336 e. The number of hydrogen-bond donors (Lipinski definition) is 0. The van der Waals surface area contributed by atoms with E-state index in [4.69, 9.17) is 16.3 Å². The number of esters is 1. The molecule has 0 aromatic heterocycles. The fourth-order valence-corrected chi connectivity index (χ4v) is 4.18. The molecule has 0 fully saturated rings. The summed E-state index contributed by atoms with van der Waals surface area (Å²) in [4.78, 5) is 15.2. The third kappa shape index (κ3) is 3.54. The molecular formula is C25H22ClNO2. The highest BCUT2D eigenvalue weighted by atomic mass is 35.5. The van der Waals surface area contributed by atoms with Gasteiger partial charge in [-0.05, 0) is 55.3 Å². The molecule has 1 heterocycles. The molecule has 29 heavy (non-hydrogen) atoms. The molecule has 4 rings (SSSR count). The van der Waals surface area contributed by atoms with Crippen LogP contribution in [-0.2, 0) is 9.53 Å². The van der Waals surface area contributed by atoms with Crippen molar-refractivity contribution in [1.29, 1.82) is 0 Å². The van der Waals surface area contributed by atoms with Gasteiger partial charge in [0.2, 0.25) is 0 Å². The Morgan fingerprint density at radius 3 is 2.31 bits per heavy atom. The Kier molecular flexibility index (Phi) is 5.41. The van der Waals surface area contributed by atoms with Crippen LogP contribution in [0.2, 0.25) is 5.02 Å². The Balaban J connectivity index is 2.01. The maximum atomic E-state index is 13.1. The number of anilines is 2. The molecule has 1 aliphatic heterocycles. The van der Waals surface area contributed by atoms with E-state index in [0.717, 1.165) is 28.2 Å². The molecule has 0 aliphatic carbocycles. The highest BCUT2D eigenvalue weighted by Gasteiger charge is 2.37. The van der Waals surface area contributed by atoms with Crippen molar-refractivity contribution >= 4 is 28.9 Å². The molecule has 3 aromatic carbocycles. The van der Waals surface area contributed by atoms with Gasteiger partial charge >= 0.3 is 5.97 Å². The maximum absolute atomic E-state index is 13.1. The van der Waals surface area contributed by atoms with E-state index in [1.165, 1.54) is 0 Å². The van der Waals surface area contributed by atoms with Crippen LogP contribution in [0.3, 0.4) is 0 Å². The van der Waals surface area contributed by atoms with Gasteiger partial charge in [0.1, 0.15) is 0 Å². The lowest BCUT2D eigenvalue weighted by molar-refractivity contribution is -0.138. The van der Waals surface area contributed by atoms with Crippen LogP contribution in [0.15, 0.2) is 90.1 Å². The Morgan fingerprint density at radius 1 is 1.00 bits per heavy atom. The van der Waals surface area contributed by atoms with Gasteiger partial charge in [-0.15, -0.1) is 0 Å². The molecule has 0 saturated carbocycles. The van der Waals surface area contributed by atoms with E-state index in [1.54, 1.807) is 0 Å². The van der Waals surface area contributed by atoms with Crippen molar-refractivity contribution in [3.8, 4) is 0 Å². The number of rotatable bonds is 4. The zero-order chi connectivity index (χ0) is 20.4. The summed E-state index contributed by atoms with van der Waals surface area (Å²) < 4.78 is 5.48. The van der Waals surface area contributed by atoms with Crippen molar-refractivity contribution in [2.75, 3.05) is 11.5 Å². The van der Waals surface area contributed by atoms with E-state index >= 15 is 0 Å². The van der Waals surface area contributed by atoms with E-state index < -0.39 is 0 Å². The van der Waals surface area contributed by atoms with E-state index in [9.17, 15) is 4.79 Å². The number of halogens is 1. The van der Waals surface area contributed by atoms with Gasteiger partial charge in [-0.3, -0.25) is 0 Å². The molecule has 0 radical (unpaired) electrons. The summed E-state index contributed by atoms with van der Waals surface area (Å²) in [5.74, 6) is -0.547. The molecule has 3 aromatic rings. The van der Waals surface area contributed by atoms with Crippen LogP contribution >= 0.6 is 11.6 Å². The van der Waals surface area contributed by atoms with Crippen molar-refractivity contribution in [3.05, 3.63) is 106 Å². The van der Waals surface area contributed by atoms with Gasteiger partial charge in [0.25, 0.3) is 0 Å². The van der Waals surface area contributed by atoms with Crippen LogP contribution in [0.5, 0.6) is 0 Å². The van der Waals surface area contributed by atoms with Crippen LogP contribution in [-0.4, -0.2) is 12.6 Å². The lowest BCUT2D eigenvalue weighted by atomic mass is 9.80. The Hall–Kier alpha value is -3.04. The van der Waals surface area contributed by atoms with Gasteiger partial charge in [-0.2, -0.15) is 0 Å². The predicted molar refractivity (Wildman–Crippen MR) is 118 cm³/mol. The molecule has 0 N–H and O–H groups in total. The van der Waals surface area contributed by atoms with Gasteiger partial charge in [-0.1, -0.05) is 60.1 Å². The molecule has 1 aliphatic rings. The lowest BCUT2D eigenvalue weighted by Gasteiger charge is -2.38. The van der Waals surface area contributed by atoms with Crippen LogP contribution in [0.1, 0.15) is 30.9 Å². The quantitative estimate of drug-likeness (QED) is 0.468. The van der Waals surface area contributed by atoms with Crippen molar-refractivity contribution in [2.45, 2.75) is 19.8 Å². The maximum Gasteiger partial charge on any atom is 0.336 e. The number of nitrogens with zero attached hydrogens (tertiary/aromatic N) is 1. The number of carbonyl (C=O) groups excluding carboxylic acids is 1. The van der Waals surface area contributed by atoms with Crippen molar-refractivity contribution < 1.29 is 9.53 Å². The number of benzene rings is 3. The number of fused-ring (bicyclic) bond motifs is 1. The molecule has 4 heteroatoms. The largest absolute Gasteiger partial charge is 0.463 e. The zero-order valence-electron chi connectivity index (χ0n) is 16.4. The summed E-state index contributed by atoms with van der Waals surface area (Å²) in [5, 5.41) is 0.639. The molecule has 146 valence electrons. The van der Waals surface area contributed by atoms with Crippen molar-refractivity contribution in [2.24, 2.45) is 0 Å². The first-order chi connectivity index (χ1) is 14.1. The van der Waals surface area contributed by atoms with Crippen LogP contribution < -0.4 is 4.90 Å². The summed E-state index contributed by atoms with van der Waals surface area (Å²) in [6.45, 7) is 4.13. The second-order valence-corrected chi connectivity index (χ2v) is 7.37. The molecule has 0 unspecified atom stereocenters. The minimum absolute atomic E-state index is 0.246. The topological polar surface area (TPSA) is 29.5 Å². The van der Waals surface area contributed by atoms with Crippen molar-refractivity contribution in [3.63, 3.8) is 0 Å². The van der Waals surface area contributed by atoms with Gasteiger partial charge < -0.3 is 9.64 Å². The normalized spacial score (nSPS) is 15.8. The van der Waals surface area contributed by atoms with E-state index in [0.29, 0.717) is 17.2 Å². The Labute approximate surface area is 176 Å². The van der Waals surface area contributed by atoms with Gasteiger partial charge in [0, 0.05) is 22.3 Å². The molecule has 1 atom stereocenters. The number of para-hydroxylation sites is 1. The van der Waals surface area contributed by atoms with E-state index in [1.807, 2.05) is 92.7 Å². The monoisotopic (exact) mass is 403 g/mol. The molecule has 3 nitrogen and oxygen atoms in total. The highest BCUT2D eigenvalue weighted by molar-refractivity contribution is 6.30.